The molecule has 0 spiro atoms. The molecule has 0 unspecified atom stereocenters. The number of nitrogens with zero attached hydrogens (tertiary/aromatic N) is 3. The van der Waals surface area contributed by atoms with Gasteiger partial charge >= 0.3 is 0 Å². The number of ether oxygens (including phenoxy) is 1. The molecule has 5 heteroatoms. The Morgan fingerprint density at radius 3 is 3.00 bits per heavy atom. The van der Waals surface area contributed by atoms with Gasteiger partial charge in [-0.25, -0.2) is 0 Å². The van der Waals surface area contributed by atoms with Crippen molar-refractivity contribution in [3.05, 3.63) is 12.4 Å². The van der Waals surface area contributed by atoms with E-state index in [4.69, 9.17) is 4.74 Å². The first-order valence-electron chi connectivity index (χ1n) is 6.19. The van der Waals surface area contributed by atoms with Gasteiger partial charge < -0.3 is 15.0 Å². The molecule has 0 bridgehead atoms. The Hall–Kier alpha value is -1.36. The highest BCUT2D eigenvalue weighted by atomic mass is 16.5. The van der Waals surface area contributed by atoms with Gasteiger partial charge in [0.2, 0.25) is 5.88 Å². The van der Waals surface area contributed by atoms with Gasteiger partial charge in [0.15, 0.2) is 5.82 Å². The maximum absolute atomic E-state index is 5.33. The van der Waals surface area contributed by atoms with Gasteiger partial charge in [0.25, 0.3) is 0 Å². The van der Waals surface area contributed by atoms with E-state index in [2.05, 4.69) is 20.2 Å². The SMILES string of the molecule is CCOc1cncc(N(C)CCNC2CC2)n1. The zero-order chi connectivity index (χ0) is 12.1. The molecule has 0 saturated heterocycles. The monoisotopic (exact) mass is 236 g/mol. The lowest BCUT2D eigenvalue weighted by molar-refractivity contribution is 0.325. The average molecular weight is 236 g/mol. The number of anilines is 1. The lowest BCUT2D eigenvalue weighted by Gasteiger charge is -2.18. The van der Waals surface area contributed by atoms with Crippen LogP contribution in [0, 0.1) is 0 Å². The molecule has 0 amide bonds. The summed E-state index contributed by atoms with van der Waals surface area (Å²) in [5.41, 5.74) is 0. The molecule has 1 aliphatic rings. The van der Waals surface area contributed by atoms with Gasteiger partial charge in [0.05, 0.1) is 19.0 Å². The predicted molar refractivity (Wildman–Crippen MR) is 67.5 cm³/mol. The van der Waals surface area contributed by atoms with Crippen LogP contribution in [0.25, 0.3) is 0 Å². The second kappa shape index (κ2) is 5.82. The van der Waals surface area contributed by atoms with Crippen molar-refractivity contribution in [2.45, 2.75) is 25.8 Å². The number of nitrogens with one attached hydrogen (secondary N) is 1. The van der Waals surface area contributed by atoms with Crippen LogP contribution in [0.15, 0.2) is 12.4 Å². The zero-order valence-electron chi connectivity index (χ0n) is 10.5. The Balaban J connectivity index is 1.83. The van der Waals surface area contributed by atoms with Crippen molar-refractivity contribution in [3.8, 4) is 5.88 Å². The molecule has 0 aliphatic heterocycles. The highest BCUT2D eigenvalue weighted by molar-refractivity contribution is 5.36. The summed E-state index contributed by atoms with van der Waals surface area (Å²) in [6.45, 7) is 4.48. The van der Waals surface area contributed by atoms with E-state index in [1.807, 2.05) is 14.0 Å². The first kappa shape index (κ1) is 12.1. The third-order valence-corrected chi connectivity index (χ3v) is 2.74. The van der Waals surface area contributed by atoms with Gasteiger partial charge in [-0.1, -0.05) is 0 Å². The minimum atomic E-state index is 0.590. The fraction of sp³-hybridized carbons (Fsp3) is 0.667. The van der Waals surface area contributed by atoms with Crippen molar-refractivity contribution < 1.29 is 4.74 Å². The fourth-order valence-corrected chi connectivity index (χ4v) is 1.58. The molecule has 2 rings (SSSR count). The number of aromatic nitrogens is 2. The van der Waals surface area contributed by atoms with E-state index in [0.29, 0.717) is 12.5 Å². The molecule has 1 aromatic heterocycles. The first-order chi connectivity index (χ1) is 8.29. The molecule has 5 nitrogen and oxygen atoms in total. The molecule has 0 atom stereocenters. The van der Waals surface area contributed by atoms with E-state index < -0.39 is 0 Å². The number of hydrogen-bond acceptors (Lipinski definition) is 5. The van der Waals surface area contributed by atoms with Crippen LogP contribution in [0.1, 0.15) is 19.8 Å². The highest BCUT2D eigenvalue weighted by Crippen LogP contribution is 2.18. The third kappa shape index (κ3) is 3.85. The quantitative estimate of drug-likeness (QED) is 0.767. The number of hydrogen-bond donors (Lipinski definition) is 1. The number of rotatable bonds is 7. The largest absolute Gasteiger partial charge is 0.477 e. The van der Waals surface area contributed by atoms with Crippen LogP contribution >= 0.6 is 0 Å². The highest BCUT2D eigenvalue weighted by Gasteiger charge is 2.19. The van der Waals surface area contributed by atoms with E-state index in [1.54, 1.807) is 12.4 Å². The van der Waals surface area contributed by atoms with Gasteiger partial charge in [0, 0.05) is 26.2 Å². The van der Waals surface area contributed by atoms with Crippen molar-refractivity contribution >= 4 is 5.82 Å². The van der Waals surface area contributed by atoms with E-state index in [0.717, 1.165) is 24.9 Å². The summed E-state index contributed by atoms with van der Waals surface area (Å²) in [7, 11) is 2.02. The van der Waals surface area contributed by atoms with Crippen molar-refractivity contribution in [2.24, 2.45) is 0 Å². The lowest BCUT2D eigenvalue weighted by atomic mass is 10.5. The molecule has 1 saturated carbocycles. The molecule has 17 heavy (non-hydrogen) atoms. The van der Waals surface area contributed by atoms with E-state index in [-0.39, 0.29) is 0 Å². The molecule has 1 N–H and O–H groups in total. The summed E-state index contributed by atoms with van der Waals surface area (Å²) in [4.78, 5) is 10.6. The summed E-state index contributed by atoms with van der Waals surface area (Å²) in [6, 6.07) is 0.754. The Morgan fingerprint density at radius 1 is 1.47 bits per heavy atom. The maximum Gasteiger partial charge on any atom is 0.234 e. The van der Waals surface area contributed by atoms with Crippen LogP contribution in [0.2, 0.25) is 0 Å². The molecule has 1 aromatic rings. The summed E-state index contributed by atoms with van der Waals surface area (Å²) >= 11 is 0. The van der Waals surface area contributed by atoms with Crippen molar-refractivity contribution in [1.29, 1.82) is 0 Å². The minimum Gasteiger partial charge on any atom is -0.477 e. The molecule has 1 aliphatic carbocycles. The molecule has 0 radical (unpaired) electrons. The normalized spacial score (nSPS) is 14.7. The van der Waals surface area contributed by atoms with Gasteiger partial charge in [-0.15, -0.1) is 0 Å². The van der Waals surface area contributed by atoms with Crippen molar-refractivity contribution in [1.82, 2.24) is 15.3 Å². The minimum absolute atomic E-state index is 0.590. The third-order valence-electron chi connectivity index (χ3n) is 2.74. The smallest absolute Gasteiger partial charge is 0.234 e. The van der Waals surface area contributed by atoms with E-state index in [9.17, 15) is 0 Å². The summed E-state index contributed by atoms with van der Waals surface area (Å²) in [6.07, 6.45) is 6.05. The first-order valence-corrected chi connectivity index (χ1v) is 6.19. The predicted octanol–water partition coefficient (Wildman–Crippen LogP) is 1.06. The van der Waals surface area contributed by atoms with Gasteiger partial charge in [-0.05, 0) is 19.8 Å². The fourth-order valence-electron chi connectivity index (χ4n) is 1.58. The Kier molecular flexibility index (Phi) is 4.14. The van der Waals surface area contributed by atoms with Crippen LogP contribution in [-0.2, 0) is 0 Å². The molecule has 1 heterocycles. The van der Waals surface area contributed by atoms with Gasteiger partial charge in [0.1, 0.15) is 0 Å². The van der Waals surface area contributed by atoms with Crippen molar-refractivity contribution in [3.63, 3.8) is 0 Å². The average Bonchev–Trinajstić information content (AvgIpc) is 3.14. The van der Waals surface area contributed by atoms with Crippen LogP contribution in [0.4, 0.5) is 5.82 Å². The number of likely N-dealkylation sites (N-methyl/N-ethyl adjacent to an activating group) is 1. The summed E-state index contributed by atoms with van der Waals surface area (Å²) in [5.74, 6) is 1.44. The van der Waals surface area contributed by atoms with E-state index in [1.165, 1.54) is 12.8 Å². The van der Waals surface area contributed by atoms with Crippen LogP contribution in [0.5, 0.6) is 5.88 Å². The molecular weight excluding hydrogens is 216 g/mol. The van der Waals surface area contributed by atoms with Crippen LogP contribution < -0.4 is 15.0 Å². The van der Waals surface area contributed by atoms with Crippen LogP contribution in [-0.4, -0.2) is 42.8 Å². The second-order valence-corrected chi connectivity index (χ2v) is 4.30. The second-order valence-electron chi connectivity index (χ2n) is 4.30. The van der Waals surface area contributed by atoms with Crippen molar-refractivity contribution in [2.75, 3.05) is 31.6 Å². The molecule has 0 aromatic carbocycles. The zero-order valence-corrected chi connectivity index (χ0v) is 10.5. The molecule has 1 fully saturated rings. The topological polar surface area (TPSA) is 50.3 Å². The molecule has 94 valence electrons. The Labute approximate surface area is 102 Å². The summed E-state index contributed by atoms with van der Waals surface area (Å²) < 4.78 is 5.33. The Morgan fingerprint density at radius 2 is 2.29 bits per heavy atom. The van der Waals surface area contributed by atoms with E-state index >= 15 is 0 Å². The molecular formula is C12H20N4O. The standard InChI is InChI=1S/C12H20N4O/c1-3-17-12-9-13-8-11(15-12)16(2)7-6-14-10-4-5-10/h8-10,14H,3-7H2,1-2H3. The Bertz CT molecular complexity index is 354. The van der Waals surface area contributed by atoms with Gasteiger partial charge in [-0.3, -0.25) is 4.98 Å². The maximum atomic E-state index is 5.33. The summed E-state index contributed by atoms with van der Waals surface area (Å²) in [5, 5.41) is 3.48. The lowest BCUT2D eigenvalue weighted by Crippen LogP contribution is -2.30. The van der Waals surface area contributed by atoms with Gasteiger partial charge in [-0.2, -0.15) is 4.98 Å². The van der Waals surface area contributed by atoms with Crippen LogP contribution in [0.3, 0.4) is 0 Å².